The van der Waals surface area contributed by atoms with E-state index in [1.165, 1.54) is 12.1 Å². The molecule has 0 bridgehead atoms. The standard InChI is InChI=1S/C21H31N5O3/c27-19(28)3-9-23-13-15-25(16-14-23)20(29)24-10-4-21(5-11-24)6-12-26(17-21)18-1-7-22-8-2-18/h1-2,7-8H,3-6,9-17H2,(H,27,28). The number of hydrogen-bond acceptors (Lipinski definition) is 5. The first-order chi connectivity index (χ1) is 14.0. The number of pyridine rings is 1. The summed E-state index contributed by atoms with van der Waals surface area (Å²) in [4.78, 5) is 36.3. The van der Waals surface area contributed by atoms with Gasteiger partial charge in [0.25, 0.3) is 0 Å². The lowest BCUT2D eigenvalue weighted by Gasteiger charge is -2.42. The highest BCUT2D eigenvalue weighted by Gasteiger charge is 2.42. The Morgan fingerprint density at radius 3 is 2.21 bits per heavy atom. The van der Waals surface area contributed by atoms with Crippen LogP contribution in [0.1, 0.15) is 25.7 Å². The average molecular weight is 402 g/mol. The largest absolute Gasteiger partial charge is 0.481 e. The van der Waals surface area contributed by atoms with Crippen LogP contribution in [0.2, 0.25) is 0 Å². The van der Waals surface area contributed by atoms with E-state index in [9.17, 15) is 9.59 Å². The van der Waals surface area contributed by atoms with Crippen molar-refractivity contribution in [1.82, 2.24) is 19.7 Å². The normalized spacial score (nSPS) is 22.3. The quantitative estimate of drug-likeness (QED) is 0.825. The minimum Gasteiger partial charge on any atom is -0.481 e. The second-order valence-electron chi connectivity index (χ2n) is 8.62. The van der Waals surface area contributed by atoms with E-state index in [2.05, 4.69) is 26.9 Å². The molecule has 3 aliphatic heterocycles. The number of amides is 2. The topological polar surface area (TPSA) is 80.2 Å². The van der Waals surface area contributed by atoms with Gasteiger partial charge >= 0.3 is 12.0 Å². The van der Waals surface area contributed by atoms with E-state index in [1.54, 1.807) is 0 Å². The lowest BCUT2D eigenvalue weighted by atomic mass is 9.78. The number of carbonyl (C=O) groups excluding carboxylic acids is 1. The van der Waals surface area contributed by atoms with Crippen LogP contribution in [0, 0.1) is 5.41 Å². The van der Waals surface area contributed by atoms with Gasteiger partial charge in [0.15, 0.2) is 0 Å². The van der Waals surface area contributed by atoms with E-state index in [0.717, 1.165) is 52.1 Å². The average Bonchev–Trinajstić information content (AvgIpc) is 3.17. The molecule has 0 atom stereocenters. The van der Waals surface area contributed by atoms with Gasteiger partial charge in [0.1, 0.15) is 0 Å². The highest BCUT2D eigenvalue weighted by atomic mass is 16.4. The molecule has 0 unspecified atom stereocenters. The summed E-state index contributed by atoms with van der Waals surface area (Å²) in [7, 11) is 0. The van der Waals surface area contributed by atoms with Gasteiger partial charge in [0, 0.05) is 77.0 Å². The van der Waals surface area contributed by atoms with Crippen molar-refractivity contribution in [2.45, 2.75) is 25.7 Å². The minimum absolute atomic E-state index is 0.154. The zero-order valence-electron chi connectivity index (χ0n) is 17.0. The predicted octanol–water partition coefficient (Wildman–Crippen LogP) is 1.59. The number of urea groups is 1. The molecule has 3 aliphatic rings. The molecule has 0 aromatic carbocycles. The third-order valence-corrected chi connectivity index (χ3v) is 6.85. The summed E-state index contributed by atoms with van der Waals surface area (Å²) in [5, 5.41) is 8.82. The Morgan fingerprint density at radius 1 is 0.931 bits per heavy atom. The van der Waals surface area contributed by atoms with Gasteiger partial charge < -0.3 is 19.8 Å². The number of rotatable bonds is 4. The van der Waals surface area contributed by atoms with Gasteiger partial charge in [-0.3, -0.25) is 14.7 Å². The van der Waals surface area contributed by atoms with Gasteiger partial charge in [-0.05, 0) is 36.8 Å². The monoisotopic (exact) mass is 401 g/mol. The summed E-state index contributed by atoms with van der Waals surface area (Å²) >= 11 is 0. The van der Waals surface area contributed by atoms with Crippen LogP contribution in [-0.2, 0) is 4.79 Å². The molecular formula is C21H31N5O3. The zero-order valence-corrected chi connectivity index (χ0v) is 17.0. The van der Waals surface area contributed by atoms with Crippen LogP contribution < -0.4 is 4.90 Å². The molecule has 8 heteroatoms. The number of carbonyl (C=O) groups is 2. The molecule has 3 saturated heterocycles. The molecule has 4 rings (SSSR count). The molecule has 1 aromatic rings. The van der Waals surface area contributed by atoms with Crippen LogP contribution in [0.3, 0.4) is 0 Å². The Hall–Kier alpha value is -2.35. The SMILES string of the molecule is O=C(O)CCN1CCN(C(=O)N2CCC3(CC2)CCN(c2ccncc2)C3)CC1. The molecule has 4 heterocycles. The van der Waals surface area contributed by atoms with Crippen molar-refractivity contribution in [3.05, 3.63) is 24.5 Å². The summed E-state index contributed by atoms with van der Waals surface area (Å²) in [6.45, 7) is 7.29. The zero-order chi connectivity index (χ0) is 20.3. The number of likely N-dealkylation sites (tertiary alicyclic amines) is 1. The number of nitrogens with zero attached hydrogens (tertiary/aromatic N) is 5. The summed E-state index contributed by atoms with van der Waals surface area (Å²) in [6.07, 6.45) is 7.20. The minimum atomic E-state index is -0.764. The number of piperidine rings is 1. The first-order valence-electron chi connectivity index (χ1n) is 10.7. The maximum Gasteiger partial charge on any atom is 0.320 e. The molecule has 158 valence electrons. The molecule has 2 amide bonds. The van der Waals surface area contributed by atoms with Crippen LogP contribution >= 0.6 is 0 Å². The fourth-order valence-electron chi connectivity index (χ4n) is 4.91. The van der Waals surface area contributed by atoms with Crippen LogP contribution in [-0.4, -0.2) is 95.7 Å². The van der Waals surface area contributed by atoms with E-state index in [1.807, 2.05) is 22.2 Å². The van der Waals surface area contributed by atoms with Crippen molar-refractivity contribution in [3.63, 3.8) is 0 Å². The van der Waals surface area contributed by atoms with E-state index in [-0.39, 0.29) is 12.5 Å². The van der Waals surface area contributed by atoms with Crippen molar-refractivity contribution in [3.8, 4) is 0 Å². The molecule has 3 fully saturated rings. The predicted molar refractivity (Wildman–Crippen MR) is 110 cm³/mol. The van der Waals surface area contributed by atoms with Crippen LogP contribution in [0.25, 0.3) is 0 Å². The highest BCUT2D eigenvalue weighted by Crippen LogP contribution is 2.41. The Morgan fingerprint density at radius 2 is 1.55 bits per heavy atom. The third-order valence-electron chi connectivity index (χ3n) is 6.85. The number of piperazine rings is 1. The van der Waals surface area contributed by atoms with Gasteiger partial charge in [-0.15, -0.1) is 0 Å². The molecule has 1 aromatic heterocycles. The summed E-state index contributed by atoms with van der Waals surface area (Å²) in [5.41, 5.74) is 1.58. The molecule has 0 aliphatic carbocycles. The number of hydrogen-bond donors (Lipinski definition) is 1. The van der Waals surface area contributed by atoms with Gasteiger partial charge in [0.2, 0.25) is 0 Å². The van der Waals surface area contributed by atoms with E-state index < -0.39 is 5.97 Å². The van der Waals surface area contributed by atoms with Crippen molar-refractivity contribution in [1.29, 1.82) is 0 Å². The number of anilines is 1. The van der Waals surface area contributed by atoms with Crippen LogP contribution in [0.15, 0.2) is 24.5 Å². The fourth-order valence-corrected chi connectivity index (χ4v) is 4.91. The van der Waals surface area contributed by atoms with Gasteiger partial charge in [-0.1, -0.05) is 0 Å². The van der Waals surface area contributed by atoms with Gasteiger partial charge in [0.05, 0.1) is 6.42 Å². The van der Waals surface area contributed by atoms with E-state index in [4.69, 9.17) is 5.11 Å². The van der Waals surface area contributed by atoms with E-state index >= 15 is 0 Å². The van der Waals surface area contributed by atoms with Gasteiger partial charge in [-0.25, -0.2) is 4.79 Å². The molecule has 8 nitrogen and oxygen atoms in total. The lowest BCUT2D eigenvalue weighted by molar-refractivity contribution is -0.137. The van der Waals surface area contributed by atoms with E-state index in [0.29, 0.717) is 25.0 Å². The summed E-state index contributed by atoms with van der Waals surface area (Å²) in [5.74, 6) is -0.764. The molecule has 0 radical (unpaired) electrons. The second-order valence-corrected chi connectivity index (χ2v) is 8.62. The summed E-state index contributed by atoms with van der Waals surface area (Å²) in [6, 6.07) is 4.31. The maximum atomic E-state index is 12.9. The number of aliphatic carboxylic acids is 1. The highest BCUT2D eigenvalue weighted by molar-refractivity contribution is 5.74. The second kappa shape index (κ2) is 8.57. The first-order valence-corrected chi connectivity index (χ1v) is 10.7. The number of carboxylic acids is 1. The third kappa shape index (κ3) is 4.63. The number of aromatic nitrogens is 1. The Labute approximate surface area is 172 Å². The van der Waals surface area contributed by atoms with Crippen molar-refractivity contribution < 1.29 is 14.7 Å². The van der Waals surface area contributed by atoms with Crippen molar-refractivity contribution >= 4 is 17.7 Å². The first kappa shape index (κ1) is 19.9. The van der Waals surface area contributed by atoms with Crippen LogP contribution in [0.5, 0.6) is 0 Å². The maximum absolute atomic E-state index is 12.9. The lowest BCUT2D eigenvalue weighted by Crippen LogP contribution is -2.55. The van der Waals surface area contributed by atoms with Crippen molar-refractivity contribution in [2.24, 2.45) is 5.41 Å². The van der Waals surface area contributed by atoms with Gasteiger partial charge in [-0.2, -0.15) is 0 Å². The summed E-state index contributed by atoms with van der Waals surface area (Å²) < 4.78 is 0. The molecule has 29 heavy (non-hydrogen) atoms. The van der Waals surface area contributed by atoms with Crippen LogP contribution in [0.4, 0.5) is 10.5 Å². The molecule has 1 N–H and O–H groups in total. The van der Waals surface area contributed by atoms with Crippen molar-refractivity contribution in [2.75, 3.05) is 63.8 Å². The smallest absolute Gasteiger partial charge is 0.320 e. The molecule has 0 saturated carbocycles. The Balaban J connectivity index is 1.24. The Kier molecular flexibility index (Phi) is 5.89. The Bertz CT molecular complexity index is 712. The fraction of sp³-hybridized carbons (Fsp3) is 0.667. The molecule has 1 spiro atoms. The number of carboxylic acid groups (broad SMARTS) is 1. The molecular weight excluding hydrogens is 370 g/mol.